The van der Waals surface area contributed by atoms with Crippen LogP contribution in [-0.4, -0.2) is 36.0 Å². The van der Waals surface area contributed by atoms with Gasteiger partial charge in [-0.3, -0.25) is 0 Å². The fourth-order valence-corrected chi connectivity index (χ4v) is 2.27. The SMILES string of the molecule is CC1(NCC(O)COC2CCCCC2)CC1. The molecule has 94 valence electrons. The predicted molar refractivity (Wildman–Crippen MR) is 64.5 cm³/mol. The van der Waals surface area contributed by atoms with E-state index in [-0.39, 0.29) is 6.10 Å². The van der Waals surface area contributed by atoms with E-state index in [0.717, 1.165) is 0 Å². The molecule has 0 amide bonds. The van der Waals surface area contributed by atoms with Gasteiger partial charge >= 0.3 is 0 Å². The van der Waals surface area contributed by atoms with Crippen molar-refractivity contribution in [2.45, 2.75) is 69.6 Å². The zero-order chi connectivity index (χ0) is 11.4. The molecule has 0 aliphatic heterocycles. The molecule has 2 rings (SSSR count). The minimum atomic E-state index is -0.348. The van der Waals surface area contributed by atoms with Crippen molar-refractivity contribution in [2.24, 2.45) is 0 Å². The molecule has 1 unspecified atom stereocenters. The lowest BCUT2D eigenvalue weighted by atomic mass is 9.98. The van der Waals surface area contributed by atoms with Crippen LogP contribution in [0.3, 0.4) is 0 Å². The first-order valence-electron chi connectivity index (χ1n) is 6.73. The van der Waals surface area contributed by atoms with Gasteiger partial charge in [0.1, 0.15) is 0 Å². The minimum Gasteiger partial charge on any atom is -0.389 e. The van der Waals surface area contributed by atoms with Crippen LogP contribution in [0.2, 0.25) is 0 Å². The third kappa shape index (κ3) is 4.04. The Morgan fingerprint density at radius 3 is 2.62 bits per heavy atom. The summed E-state index contributed by atoms with van der Waals surface area (Å²) in [5, 5.41) is 13.2. The molecule has 0 bridgehead atoms. The number of ether oxygens (including phenoxy) is 1. The van der Waals surface area contributed by atoms with Crippen LogP contribution in [0.5, 0.6) is 0 Å². The summed E-state index contributed by atoms with van der Waals surface area (Å²) in [4.78, 5) is 0. The summed E-state index contributed by atoms with van der Waals surface area (Å²) in [7, 11) is 0. The van der Waals surface area contributed by atoms with Crippen molar-refractivity contribution >= 4 is 0 Å². The summed E-state index contributed by atoms with van der Waals surface area (Å²) in [6.07, 6.45) is 8.82. The highest BCUT2D eigenvalue weighted by molar-refractivity contribution is 4.97. The van der Waals surface area contributed by atoms with Crippen LogP contribution in [0.15, 0.2) is 0 Å². The summed E-state index contributed by atoms with van der Waals surface area (Å²) in [6, 6.07) is 0. The fraction of sp³-hybridized carbons (Fsp3) is 1.00. The summed E-state index contributed by atoms with van der Waals surface area (Å²) < 4.78 is 5.74. The molecule has 2 N–H and O–H groups in total. The van der Waals surface area contributed by atoms with Crippen LogP contribution >= 0.6 is 0 Å². The number of hydrogen-bond acceptors (Lipinski definition) is 3. The van der Waals surface area contributed by atoms with Crippen LogP contribution in [0.4, 0.5) is 0 Å². The van der Waals surface area contributed by atoms with Crippen LogP contribution in [0, 0.1) is 0 Å². The third-order valence-corrected chi connectivity index (χ3v) is 3.84. The Kier molecular flexibility index (Phi) is 4.22. The zero-order valence-electron chi connectivity index (χ0n) is 10.4. The Morgan fingerprint density at radius 2 is 2.00 bits per heavy atom. The highest BCUT2D eigenvalue weighted by Crippen LogP contribution is 2.34. The highest BCUT2D eigenvalue weighted by atomic mass is 16.5. The van der Waals surface area contributed by atoms with Crippen molar-refractivity contribution in [3.8, 4) is 0 Å². The van der Waals surface area contributed by atoms with E-state index in [9.17, 15) is 5.11 Å². The van der Waals surface area contributed by atoms with E-state index < -0.39 is 0 Å². The van der Waals surface area contributed by atoms with Crippen molar-refractivity contribution in [3.63, 3.8) is 0 Å². The third-order valence-electron chi connectivity index (χ3n) is 3.84. The summed E-state index contributed by atoms with van der Waals surface area (Å²) >= 11 is 0. The molecule has 2 saturated carbocycles. The zero-order valence-corrected chi connectivity index (χ0v) is 10.4. The van der Waals surface area contributed by atoms with Gasteiger partial charge in [-0.15, -0.1) is 0 Å². The van der Waals surface area contributed by atoms with Gasteiger partial charge in [-0.2, -0.15) is 0 Å². The molecule has 2 fully saturated rings. The summed E-state index contributed by atoms with van der Waals surface area (Å²) in [5.74, 6) is 0. The van der Waals surface area contributed by atoms with Crippen LogP contribution < -0.4 is 5.32 Å². The maximum Gasteiger partial charge on any atom is 0.0898 e. The van der Waals surface area contributed by atoms with Gasteiger partial charge in [0.05, 0.1) is 18.8 Å². The molecule has 0 aromatic rings. The van der Waals surface area contributed by atoms with Crippen molar-refractivity contribution in [1.29, 1.82) is 0 Å². The topological polar surface area (TPSA) is 41.5 Å². The van der Waals surface area contributed by atoms with Crippen molar-refractivity contribution in [1.82, 2.24) is 5.32 Å². The van der Waals surface area contributed by atoms with E-state index in [1.807, 2.05) is 0 Å². The molecule has 16 heavy (non-hydrogen) atoms. The molecule has 2 aliphatic rings. The fourth-order valence-electron chi connectivity index (χ4n) is 2.27. The van der Waals surface area contributed by atoms with Crippen LogP contribution in [-0.2, 0) is 4.74 Å². The molecule has 0 aromatic carbocycles. The molecule has 3 nitrogen and oxygen atoms in total. The molecule has 3 heteroatoms. The second-order valence-electron chi connectivity index (χ2n) is 5.69. The van der Waals surface area contributed by atoms with Gasteiger partial charge in [0.25, 0.3) is 0 Å². The number of aliphatic hydroxyl groups is 1. The van der Waals surface area contributed by atoms with Gasteiger partial charge < -0.3 is 15.2 Å². The standard InChI is InChI=1S/C13H25NO2/c1-13(7-8-13)14-9-11(15)10-16-12-5-3-2-4-6-12/h11-12,14-15H,2-10H2,1H3. The smallest absolute Gasteiger partial charge is 0.0898 e. The van der Waals surface area contributed by atoms with Gasteiger partial charge in [0.2, 0.25) is 0 Å². The normalized spacial score (nSPS) is 26.6. The average molecular weight is 227 g/mol. The maximum absolute atomic E-state index is 9.78. The van der Waals surface area contributed by atoms with Gasteiger partial charge in [-0.05, 0) is 32.6 Å². The number of rotatable bonds is 6. The molecular weight excluding hydrogens is 202 g/mol. The van der Waals surface area contributed by atoms with Crippen LogP contribution in [0.25, 0.3) is 0 Å². The second-order valence-corrected chi connectivity index (χ2v) is 5.69. The Bertz CT molecular complexity index is 210. The van der Waals surface area contributed by atoms with E-state index in [1.54, 1.807) is 0 Å². The monoisotopic (exact) mass is 227 g/mol. The Labute approximate surface area is 98.6 Å². The van der Waals surface area contributed by atoms with Crippen LogP contribution in [0.1, 0.15) is 51.9 Å². The molecule has 0 saturated heterocycles. The quantitative estimate of drug-likeness (QED) is 0.727. The lowest BCUT2D eigenvalue weighted by Crippen LogP contribution is -2.38. The van der Waals surface area contributed by atoms with Crippen molar-refractivity contribution in [2.75, 3.05) is 13.2 Å². The molecule has 1 atom stereocenters. The first-order chi connectivity index (χ1) is 7.68. The lowest BCUT2D eigenvalue weighted by Gasteiger charge is -2.24. The molecule has 0 aromatic heterocycles. The largest absolute Gasteiger partial charge is 0.389 e. The van der Waals surface area contributed by atoms with E-state index in [0.29, 0.717) is 24.8 Å². The molecule has 0 spiro atoms. The molecule has 0 radical (unpaired) electrons. The Hall–Kier alpha value is -0.120. The average Bonchev–Trinajstić information content (AvgIpc) is 3.04. The first kappa shape index (κ1) is 12.3. The second kappa shape index (κ2) is 5.48. The Morgan fingerprint density at radius 1 is 1.31 bits per heavy atom. The number of β-amino-alcohol motifs (C(OH)–C–C–N with tert-alkyl or cyclic N) is 1. The lowest BCUT2D eigenvalue weighted by molar-refractivity contribution is -0.0237. The summed E-state index contributed by atoms with van der Waals surface area (Å²) in [5.41, 5.74) is 0.311. The van der Waals surface area contributed by atoms with Gasteiger partial charge in [0.15, 0.2) is 0 Å². The minimum absolute atomic E-state index is 0.311. The first-order valence-corrected chi connectivity index (χ1v) is 6.73. The maximum atomic E-state index is 9.78. The van der Waals surface area contributed by atoms with E-state index >= 15 is 0 Å². The van der Waals surface area contributed by atoms with Gasteiger partial charge in [-0.25, -0.2) is 0 Å². The van der Waals surface area contributed by atoms with Gasteiger partial charge in [0, 0.05) is 12.1 Å². The van der Waals surface area contributed by atoms with Gasteiger partial charge in [-0.1, -0.05) is 19.3 Å². The Balaban J connectivity index is 1.54. The number of hydrogen-bond donors (Lipinski definition) is 2. The highest BCUT2D eigenvalue weighted by Gasteiger charge is 2.36. The summed E-state index contributed by atoms with van der Waals surface area (Å²) in [6.45, 7) is 3.37. The van der Waals surface area contributed by atoms with Crippen molar-refractivity contribution < 1.29 is 9.84 Å². The van der Waals surface area contributed by atoms with E-state index in [4.69, 9.17) is 4.74 Å². The van der Waals surface area contributed by atoms with E-state index in [1.165, 1.54) is 44.9 Å². The molecular formula is C13H25NO2. The molecule has 0 heterocycles. The predicted octanol–water partition coefficient (Wildman–Crippen LogP) is 1.84. The van der Waals surface area contributed by atoms with Crippen molar-refractivity contribution in [3.05, 3.63) is 0 Å². The van der Waals surface area contributed by atoms with E-state index in [2.05, 4.69) is 12.2 Å². The number of nitrogens with one attached hydrogen (secondary N) is 1. The number of aliphatic hydroxyl groups excluding tert-OH is 1. The molecule has 2 aliphatic carbocycles.